The minimum Gasteiger partial charge on any atom is -0.462 e. The standard InChI is InChI=1S/C11H16O4.C10H14O5.C6H14O4/c1-5-9(12)14-7-11(3,4)8-15-10(13)6-2;1-3-9(11)14-7-5-13-6-8-15-10(12)4-2;7-1-3-9-5-6-10-4-2-8/h5-6H,1-2,7-8H2,3-4H3;3-4H,1-2,5-8H2;7-8H,1-6H2. The molecular formula is C27H44O13. The Morgan fingerprint density at radius 3 is 1.10 bits per heavy atom. The number of rotatable bonds is 21. The Hall–Kier alpha value is -3.36. The second kappa shape index (κ2) is 30.2. The van der Waals surface area contributed by atoms with Gasteiger partial charge in [0.2, 0.25) is 0 Å². The number of ether oxygens (including phenoxy) is 7. The Morgan fingerprint density at radius 1 is 0.525 bits per heavy atom. The molecule has 0 bridgehead atoms. The fourth-order valence-electron chi connectivity index (χ4n) is 1.77. The van der Waals surface area contributed by atoms with Crippen LogP contribution in [0.5, 0.6) is 0 Å². The van der Waals surface area contributed by atoms with Crippen LogP contribution in [0.3, 0.4) is 0 Å². The van der Waals surface area contributed by atoms with Crippen LogP contribution in [0.2, 0.25) is 0 Å². The Balaban J connectivity index is -0.000000525. The number of carbonyl (C=O) groups excluding carboxylic acids is 4. The lowest BCUT2D eigenvalue weighted by atomic mass is 9.96. The molecule has 0 radical (unpaired) electrons. The van der Waals surface area contributed by atoms with Crippen LogP contribution in [0.25, 0.3) is 0 Å². The molecule has 0 aliphatic heterocycles. The van der Waals surface area contributed by atoms with Crippen LogP contribution < -0.4 is 0 Å². The molecule has 0 aromatic heterocycles. The molecular weight excluding hydrogens is 532 g/mol. The molecule has 0 aromatic carbocycles. The van der Waals surface area contributed by atoms with Gasteiger partial charge in [-0.15, -0.1) is 0 Å². The second-order valence-electron chi connectivity index (χ2n) is 7.82. The molecule has 0 aromatic rings. The summed E-state index contributed by atoms with van der Waals surface area (Å²) in [4.78, 5) is 42.7. The highest BCUT2D eigenvalue weighted by molar-refractivity contribution is 5.82. The van der Waals surface area contributed by atoms with Crippen molar-refractivity contribution in [1.82, 2.24) is 0 Å². The zero-order valence-electron chi connectivity index (χ0n) is 23.5. The van der Waals surface area contributed by atoms with E-state index in [0.29, 0.717) is 26.4 Å². The first-order chi connectivity index (χ1) is 19.0. The largest absolute Gasteiger partial charge is 0.462 e. The van der Waals surface area contributed by atoms with Crippen molar-refractivity contribution in [1.29, 1.82) is 0 Å². The summed E-state index contributed by atoms with van der Waals surface area (Å²) in [6.07, 6.45) is 4.33. The van der Waals surface area contributed by atoms with Crippen molar-refractivity contribution in [2.24, 2.45) is 5.41 Å². The molecule has 13 heteroatoms. The van der Waals surface area contributed by atoms with E-state index in [-0.39, 0.29) is 52.9 Å². The van der Waals surface area contributed by atoms with Crippen LogP contribution in [-0.4, -0.2) is 113 Å². The van der Waals surface area contributed by atoms with Crippen molar-refractivity contribution in [2.75, 3.05) is 79.3 Å². The van der Waals surface area contributed by atoms with Crippen LogP contribution in [0.15, 0.2) is 50.6 Å². The van der Waals surface area contributed by atoms with E-state index in [1.54, 1.807) is 0 Å². The van der Waals surface area contributed by atoms with Gasteiger partial charge in [0.25, 0.3) is 0 Å². The van der Waals surface area contributed by atoms with E-state index in [1.165, 1.54) is 0 Å². The first-order valence-corrected chi connectivity index (χ1v) is 12.1. The van der Waals surface area contributed by atoms with Crippen molar-refractivity contribution in [3.8, 4) is 0 Å². The van der Waals surface area contributed by atoms with Gasteiger partial charge in [-0.3, -0.25) is 0 Å². The summed E-state index contributed by atoms with van der Waals surface area (Å²) in [5, 5.41) is 16.5. The maximum Gasteiger partial charge on any atom is 0.330 e. The molecule has 0 aliphatic carbocycles. The molecule has 0 amide bonds. The van der Waals surface area contributed by atoms with Crippen molar-refractivity contribution in [2.45, 2.75) is 13.8 Å². The molecule has 2 N–H and O–H groups in total. The van der Waals surface area contributed by atoms with E-state index < -0.39 is 29.3 Å². The smallest absolute Gasteiger partial charge is 0.330 e. The van der Waals surface area contributed by atoms with Gasteiger partial charge < -0.3 is 43.4 Å². The molecule has 0 saturated heterocycles. The Labute approximate surface area is 236 Å². The van der Waals surface area contributed by atoms with Crippen LogP contribution in [-0.2, 0) is 52.3 Å². The van der Waals surface area contributed by atoms with Crippen molar-refractivity contribution >= 4 is 23.9 Å². The maximum absolute atomic E-state index is 10.8. The number of aliphatic hydroxyl groups is 2. The van der Waals surface area contributed by atoms with Gasteiger partial charge >= 0.3 is 23.9 Å². The van der Waals surface area contributed by atoms with Gasteiger partial charge in [0.05, 0.1) is 66.1 Å². The topological polar surface area (TPSA) is 173 Å². The van der Waals surface area contributed by atoms with Gasteiger partial charge in [0, 0.05) is 29.7 Å². The van der Waals surface area contributed by atoms with Crippen LogP contribution in [0.1, 0.15) is 13.8 Å². The van der Waals surface area contributed by atoms with Gasteiger partial charge in [-0.05, 0) is 0 Å². The average molecular weight is 577 g/mol. The summed E-state index contributed by atoms with van der Waals surface area (Å²) in [6, 6.07) is 0. The van der Waals surface area contributed by atoms with Gasteiger partial charge in [-0.2, -0.15) is 0 Å². The van der Waals surface area contributed by atoms with E-state index in [1.807, 2.05) is 13.8 Å². The SMILES string of the molecule is C=CC(=O)OCC(C)(C)COC(=O)C=C.C=CC(=O)OCCOCCOC(=O)C=C.OCCOCCOCCO. The summed E-state index contributed by atoms with van der Waals surface area (Å²) in [7, 11) is 0. The van der Waals surface area contributed by atoms with Gasteiger partial charge in [0.1, 0.15) is 13.2 Å². The molecule has 0 fully saturated rings. The minimum atomic E-state index is -0.489. The quantitative estimate of drug-likeness (QED) is 0.0856. The molecule has 13 nitrogen and oxygen atoms in total. The number of carbonyl (C=O) groups is 4. The monoisotopic (exact) mass is 576 g/mol. The highest BCUT2D eigenvalue weighted by Crippen LogP contribution is 2.16. The average Bonchev–Trinajstić information content (AvgIpc) is 2.96. The lowest BCUT2D eigenvalue weighted by Crippen LogP contribution is -2.27. The van der Waals surface area contributed by atoms with E-state index in [9.17, 15) is 19.2 Å². The summed E-state index contributed by atoms with van der Waals surface area (Å²) in [6.45, 7) is 19.5. The third-order valence-corrected chi connectivity index (χ3v) is 3.66. The van der Waals surface area contributed by atoms with E-state index in [4.69, 9.17) is 33.9 Å². The zero-order chi connectivity index (χ0) is 31.1. The lowest BCUT2D eigenvalue weighted by molar-refractivity contribution is -0.146. The number of aliphatic hydroxyl groups excluding tert-OH is 2. The van der Waals surface area contributed by atoms with E-state index >= 15 is 0 Å². The fourth-order valence-corrected chi connectivity index (χ4v) is 1.77. The molecule has 0 atom stereocenters. The number of esters is 4. The Kier molecular flexibility index (Phi) is 31.0. The summed E-state index contributed by atoms with van der Waals surface area (Å²) >= 11 is 0. The van der Waals surface area contributed by atoms with E-state index in [0.717, 1.165) is 24.3 Å². The molecule has 40 heavy (non-hydrogen) atoms. The Bertz CT molecular complexity index is 674. The fraction of sp³-hybridized carbons (Fsp3) is 0.556. The lowest BCUT2D eigenvalue weighted by Gasteiger charge is -2.22. The predicted molar refractivity (Wildman–Crippen MR) is 145 cm³/mol. The molecule has 0 spiro atoms. The first kappa shape index (κ1) is 41.1. The molecule has 0 unspecified atom stereocenters. The summed E-state index contributed by atoms with van der Waals surface area (Å²) in [5.41, 5.74) is -0.419. The van der Waals surface area contributed by atoms with Gasteiger partial charge in [0.15, 0.2) is 0 Å². The Morgan fingerprint density at radius 2 is 0.800 bits per heavy atom. The van der Waals surface area contributed by atoms with Crippen LogP contribution in [0, 0.1) is 5.41 Å². The third kappa shape index (κ3) is 34.6. The van der Waals surface area contributed by atoms with Crippen molar-refractivity contribution in [3.63, 3.8) is 0 Å². The highest BCUT2D eigenvalue weighted by Gasteiger charge is 2.21. The van der Waals surface area contributed by atoms with Gasteiger partial charge in [-0.1, -0.05) is 40.2 Å². The third-order valence-electron chi connectivity index (χ3n) is 3.66. The predicted octanol–water partition coefficient (Wildman–Crippen LogP) is 0.937. The summed E-state index contributed by atoms with van der Waals surface area (Å²) < 4.78 is 33.7. The van der Waals surface area contributed by atoms with Crippen LogP contribution in [0.4, 0.5) is 0 Å². The molecule has 0 rings (SSSR count). The maximum atomic E-state index is 10.8. The highest BCUT2D eigenvalue weighted by atomic mass is 16.6. The minimum absolute atomic E-state index is 0.0417. The molecule has 0 aliphatic rings. The number of hydrogen-bond acceptors (Lipinski definition) is 13. The normalized spacial score (nSPS) is 9.80. The van der Waals surface area contributed by atoms with Crippen molar-refractivity contribution in [3.05, 3.63) is 50.6 Å². The van der Waals surface area contributed by atoms with Gasteiger partial charge in [-0.25, -0.2) is 19.2 Å². The molecule has 0 saturated carbocycles. The molecule has 0 heterocycles. The van der Waals surface area contributed by atoms with E-state index in [2.05, 4.69) is 35.8 Å². The zero-order valence-corrected chi connectivity index (χ0v) is 23.5. The second-order valence-corrected chi connectivity index (χ2v) is 7.82. The van der Waals surface area contributed by atoms with Crippen LogP contribution >= 0.6 is 0 Å². The van der Waals surface area contributed by atoms with Crippen molar-refractivity contribution < 1.29 is 62.5 Å². The molecule has 230 valence electrons. The summed E-state index contributed by atoms with van der Waals surface area (Å²) in [5.74, 6) is -1.95. The first-order valence-electron chi connectivity index (χ1n) is 12.1. The number of hydrogen-bond donors (Lipinski definition) is 2.